The van der Waals surface area contributed by atoms with Gasteiger partial charge in [0.2, 0.25) is 10.0 Å². The minimum atomic E-state index is -3.92. The molecule has 3 aromatic carbocycles. The predicted octanol–water partition coefficient (Wildman–Crippen LogP) is 3.64. The summed E-state index contributed by atoms with van der Waals surface area (Å²) in [4.78, 5) is 27.8. The van der Waals surface area contributed by atoms with Crippen LogP contribution < -0.4 is 14.8 Å². The van der Waals surface area contributed by atoms with Crippen LogP contribution in [0.3, 0.4) is 0 Å². The largest absolute Gasteiger partial charge is 0.480 e. The molecular formula is C25H20N2O6S. The number of primary sulfonamides is 1. The van der Waals surface area contributed by atoms with Crippen molar-refractivity contribution in [2.75, 3.05) is 4.90 Å². The fourth-order valence-electron chi connectivity index (χ4n) is 4.75. The van der Waals surface area contributed by atoms with Crippen molar-refractivity contribution in [3.05, 3.63) is 89.0 Å². The molecule has 0 fully saturated rings. The van der Waals surface area contributed by atoms with Crippen LogP contribution >= 0.6 is 0 Å². The van der Waals surface area contributed by atoms with Crippen LogP contribution in [0, 0.1) is 0 Å². The first-order valence-corrected chi connectivity index (χ1v) is 12.0. The normalized spacial score (nSPS) is 18.0. The number of ether oxygens (including phenoxy) is 1. The van der Waals surface area contributed by atoms with Crippen LogP contribution in [0.4, 0.5) is 5.69 Å². The van der Waals surface area contributed by atoms with Crippen molar-refractivity contribution in [1.82, 2.24) is 0 Å². The van der Waals surface area contributed by atoms with Gasteiger partial charge in [-0.05, 0) is 55.0 Å². The number of fused-ring (bicyclic) bond motifs is 5. The van der Waals surface area contributed by atoms with E-state index in [2.05, 4.69) is 0 Å². The highest BCUT2D eigenvalue weighted by Crippen LogP contribution is 2.50. The Morgan fingerprint density at radius 2 is 1.74 bits per heavy atom. The molecule has 3 N–H and O–H groups in total. The number of benzene rings is 3. The lowest BCUT2D eigenvalue weighted by Gasteiger charge is -2.39. The SMILES string of the molecule is CC(=O)C1=C(C)N(c2ccc(S(N)(=O)=O)cc2)C(=O)C2=C(O)Oc3ccc4ccccc4c3C21. The van der Waals surface area contributed by atoms with E-state index in [4.69, 9.17) is 9.88 Å². The Balaban J connectivity index is 1.77. The van der Waals surface area contributed by atoms with Crippen molar-refractivity contribution in [3.8, 4) is 5.75 Å². The zero-order valence-corrected chi connectivity index (χ0v) is 19.1. The van der Waals surface area contributed by atoms with E-state index in [9.17, 15) is 23.1 Å². The maximum Gasteiger partial charge on any atom is 0.292 e. The summed E-state index contributed by atoms with van der Waals surface area (Å²) >= 11 is 0. The summed E-state index contributed by atoms with van der Waals surface area (Å²) in [6.07, 6.45) is 0. The molecule has 8 nitrogen and oxygen atoms in total. The molecule has 0 radical (unpaired) electrons. The van der Waals surface area contributed by atoms with Crippen LogP contribution in [0.2, 0.25) is 0 Å². The number of amides is 1. The quantitative estimate of drug-likeness (QED) is 0.594. The van der Waals surface area contributed by atoms with E-state index in [0.717, 1.165) is 10.8 Å². The minimum absolute atomic E-state index is 0.0600. The third kappa shape index (κ3) is 3.20. The first-order valence-electron chi connectivity index (χ1n) is 10.4. The lowest BCUT2D eigenvalue weighted by atomic mass is 9.75. The van der Waals surface area contributed by atoms with E-state index in [1.54, 1.807) is 13.0 Å². The van der Waals surface area contributed by atoms with Gasteiger partial charge >= 0.3 is 0 Å². The molecule has 0 aromatic heterocycles. The van der Waals surface area contributed by atoms with Crippen LogP contribution in [0.25, 0.3) is 10.8 Å². The molecule has 2 aliphatic heterocycles. The van der Waals surface area contributed by atoms with Crippen molar-refractivity contribution in [2.45, 2.75) is 24.7 Å². The number of aliphatic hydroxyl groups excluding tert-OH is 1. The van der Waals surface area contributed by atoms with E-state index in [1.165, 1.54) is 36.1 Å². The Kier molecular flexibility index (Phi) is 4.85. The Bertz CT molecular complexity index is 1570. The summed E-state index contributed by atoms with van der Waals surface area (Å²) in [5.41, 5.74) is 1.60. The second-order valence-corrected chi connectivity index (χ2v) is 9.75. The molecule has 34 heavy (non-hydrogen) atoms. The summed E-state index contributed by atoms with van der Waals surface area (Å²) < 4.78 is 28.9. The second-order valence-electron chi connectivity index (χ2n) is 8.19. The number of allylic oxidation sites excluding steroid dienone is 2. The molecule has 0 saturated heterocycles. The average Bonchev–Trinajstić information content (AvgIpc) is 2.78. The fraction of sp³-hybridized carbons (Fsp3) is 0.120. The molecule has 9 heteroatoms. The van der Waals surface area contributed by atoms with Gasteiger partial charge in [0, 0.05) is 22.5 Å². The van der Waals surface area contributed by atoms with Crippen molar-refractivity contribution in [1.29, 1.82) is 0 Å². The highest BCUT2D eigenvalue weighted by Gasteiger charge is 2.46. The molecule has 2 aliphatic rings. The van der Waals surface area contributed by atoms with Crippen LogP contribution in [0.5, 0.6) is 5.75 Å². The number of nitrogens with two attached hydrogens (primary N) is 1. The van der Waals surface area contributed by atoms with Gasteiger partial charge in [-0.25, -0.2) is 13.6 Å². The van der Waals surface area contributed by atoms with E-state index < -0.39 is 27.8 Å². The van der Waals surface area contributed by atoms with Crippen LogP contribution in [-0.2, 0) is 19.6 Å². The van der Waals surface area contributed by atoms with E-state index in [1.807, 2.05) is 30.3 Å². The fourth-order valence-corrected chi connectivity index (χ4v) is 5.26. The number of hydrogen-bond acceptors (Lipinski definition) is 6. The van der Waals surface area contributed by atoms with E-state index in [-0.39, 0.29) is 16.3 Å². The van der Waals surface area contributed by atoms with Crippen molar-refractivity contribution >= 4 is 38.2 Å². The molecule has 3 aromatic rings. The molecule has 172 valence electrons. The number of Topliss-reactive ketones (excluding diaryl/α,β-unsaturated/α-hetero) is 1. The van der Waals surface area contributed by atoms with Gasteiger partial charge < -0.3 is 9.84 Å². The number of aliphatic hydroxyl groups is 1. The smallest absolute Gasteiger partial charge is 0.292 e. The number of carbonyl (C=O) groups is 2. The molecule has 0 saturated carbocycles. The molecule has 1 amide bonds. The zero-order chi connectivity index (χ0) is 24.4. The van der Waals surface area contributed by atoms with Crippen molar-refractivity contribution in [2.24, 2.45) is 5.14 Å². The number of sulfonamides is 1. The Morgan fingerprint density at radius 1 is 1.06 bits per heavy atom. The Morgan fingerprint density at radius 3 is 2.38 bits per heavy atom. The van der Waals surface area contributed by atoms with E-state index in [0.29, 0.717) is 28.3 Å². The standard InChI is InChI=1S/C25H20N2O6S/c1-13-20(14(2)28)22-21-18-6-4-3-5-15(18)7-12-19(21)33-25(30)23(22)24(29)27(13)16-8-10-17(11-9-16)34(26,31)32/h3-12,22,30H,1-2H3,(H2,26,31,32). The molecule has 0 aliphatic carbocycles. The summed E-state index contributed by atoms with van der Waals surface area (Å²) in [6.45, 7) is 3.06. The molecular weight excluding hydrogens is 456 g/mol. The molecule has 1 unspecified atom stereocenters. The monoisotopic (exact) mass is 476 g/mol. The molecule has 0 spiro atoms. The number of hydrogen-bond donors (Lipinski definition) is 2. The van der Waals surface area contributed by atoms with Gasteiger partial charge in [0.05, 0.1) is 10.8 Å². The highest BCUT2D eigenvalue weighted by molar-refractivity contribution is 7.89. The van der Waals surface area contributed by atoms with Gasteiger partial charge in [-0.3, -0.25) is 14.5 Å². The minimum Gasteiger partial charge on any atom is -0.480 e. The predicted molar refractivity (Wildman–Crippen MR) is 126 cm³/mol. The van der Waals surface area contributed by atoms with Crippen LogP contribution in [0.1, 0.15) is 25.3 Å². The molecule has 2 heterocycles. The van der Waals surface area contributed by atoms with Gasteiger partial charge in [0.25, 0.3) is 11.9 Å². The first kappa shape index (κ1) is 21.9. The molecule has 1 atom stereocenters. The molecule has 0 bridgehead atoms. The zero-order valence-electron chi connectivity index (χ0n) is 18.3. The average molecular weight is 477 g/mol. The second kappa shape index (κ2) is 7.54. The number of ketones is 1. The summed E-state index contributed by atoms with van der Waals surface area (Å²) in [5, 5.41) is 17.7. The topological polar surface area (TPSA) is 127 Å². The van der Waals surface area contributed by atoms with Crippen molar-refractivity contribution in [3.63, 3.8) is 0 Å². The van der Waals surface area contributed by atoms with Gasteiger partial charge in [0.15, 0.2) is 5.78 Å². The third-order valence-corrected chi connectivity index (χ3v) is 7.12. The number of carbonyl (C=O) groups excluding carboxylic acids is 2. The van der Waals surface area contributed by atoms with Crippen LogP contribution in [-0.4, -0.2) is 25.2 Å². The summed E-state index contributed by atoms with van der Waals surface area (Å²) in [5.74, 6) is -1.87. The van der Waals surface area contributed by atoms with Crippen molar-refractivity contribution < 1.29 is 27.9 Å². The number of anilines is 1. The van der Waals surface area contributed by atoms with Gasteiger partial charge in [-0.15, -0.1) is 0 Å². The Hall–Kier alpha value is -3.95. The van der Waals surface area contributed by atoms with Gasteiger partial charge in [-0.2, -0.15) is 0 Å². The first-order chi connectivity index (χ1) is 16.1. The van der Waals surface area contributed by atoms with E-state index >= 15 is 0 Å². The third-order valence-electron chi connectivity index (χ3n) is 6.20. The van der Waals surface area contributed by atoms with Gasteiger partial charge in [-0.1, -0.05) is 30.3 Å². The highest BCUT2D eigenvalue weighted by atomic mass is 32.2. The lowest BCUT2D eigenvalue weighted by molar-refractivity contribution is -0.116. The molecule has 5 rings (SSSR count). The number of nitrogens with zero attached hydrogens (tertiary/aromatic N) is 1. The number of rotatable bonds is 3. The summed E-state index contributed by atoms with van der Waals surface area (Å²) in [7, 11) is -3.92. The summed E-state index contributed by atoms with van der Waals surface area (Å²) in [6, 6.07) is 16.5. The van der Waals surface area contributed by atoms with Gasteiger partial charge in [0.1, 0.15) is 11.3 Å². The van der Waals surface area contributed by atoms with Crippen LogP contribution in [0.15, 0.2) is 88.3 Å². The lowest BCUT2D eigenvalue weighted by Crippen LogP contribution is -2.42. The maximum atomic E-state index is 13.7. The Labute approximate surface area is 195 Å². The maximum absolute atomic E-state index is 13.7.